The lowest BCUT2D eigenvalue weighted by Crippen LogP contribution is -2.26. The summed E-state index contributed by atoms with van der Waals surface area (Å²) in [6.07, 6.45) is 1.72. The minimum atomic E-state index is -3.02. The zero-order valence-corrected chi connectivity index (χ0v) is 9.50. The van der Waals surface area contributed by atoms with E-state index in [-0.39, 0.29) is 17.5 Å². The molecule has 1 fully saturated rings. The van der Waals surface area contributed by atoms with E-state index in [1.54, 1.807) is 0 Å². The van der Waals surface area contributed by atoms with Crippen molar-refractivity contribution in [2.24, 2.45) is 0 Å². The Hall–Kier alpha value is -1.01. The van der Waals surface area contributed by atoms with E-state index >= 15 is 0 Å². The highest BCUT2D eigenvalue weighted by Crippen LogP contribution is 2.16. The van der Waals surface area contributed by atoms with Crippen molar-refractivity contribution in [2.75, 3.05) is 18.1 Å². The Morgan fingerprint density at radius 2 is 2.25 bits per heavy atom. The summed E-state index contributed by atoms with van der Waals surface area (Å²) in [5.41, 5.74) is 0.576. The summed E-state index contributed by atoms with van der Waals surface area (Å²) >= 11 is 0. The maximum Gasteiger partial charge on any atom is 0.152 e. The van der Waals surface area contributed by atoms with Gasteiger partial charge in [0, 0.05) is 0 Å². The number of pyridine rings is 1. The van der Waals surface area contributed by atoms with Gasteiger partial charge < -0.3 is 5.32 Å². The van der Waals surface area contributed by atoms with Gasteiger partial charge in [0.2, 0.25) is 0 Å². The molecule has 0 aliphatic carbocycles. The number of rotatable bonds is 1. The Bertz CT molecular complexity index is 458. The Morgan fingerprint density at radius 1 is 1.44 bits per heavy atom. The summed E-state index contributed by atoms with van der Waals surface area (Å²) in [6.45, 7) is 0.642. The molecular formula is C10H13FN2O2S. The number of sulfone groups is 1. The van der Waals surface area contributed by atoms with E-state index in [9.17, 15) is 12.8 Å². The van der Waals surface area contributed by atoms with Crippen LogP contribution in [0.1, 0.15) is 18.2 Å². The molecule has 4 nitrogen and oxygen atoms in total. The van der Waals surface area contributed by atoms with Crippen molar-refractivity contribution < 1.29 is 12.8 Å². The first kappa shape index (κ1) is 11.5. The molecule has 0 amide bonds. The molecule has 88 valence electrons. The molecule has 2 heterocycles. The third-order valence-electron chi connectivity index (χ3n) is 2.55. The molecule has 16 heavy (non-hydrogen) atoms. The van der Waals surface area contributed by atoms with Crippen LogP contribution in [0, 0.1) is 5.82 Å². The number of hydrogen-bond donors (Lipinski definition) is 1. The SMILES string of the molecule is O=S1(=O)CCCNC(c2ccc(F)cn2)C1. The lowest BCUT2D eigenvalue weighted by atomic mass is 10.2. The van der Waals surface area contributed by atoms with Gasteiger partial charge in [0.25, 0.3) is 0 Å². The first-order valence-electron chi connectivity index (χ1n) is 5.12. The highest BCUT2D eigenvalue weighted by atomic mass is 32.2. The second kappa shape index (κ2) is 4.47. The van der Waals surface area contributed by atoms with Gasteiger partial charge in [0.15, 0.2) is 9.84 Å². The van der Waals surface area contributed by atoms with E-state index in [2.05, 4.69) is 10.3 Å². The van der Waals surface area contributed by atoms with Gasteiger partial charge in [-0.3, -0.25) is 4.98 Å². The molecule has 0 spiro atoms. The highest BCUT2D eigenvalue weighted by Gasteiger charge is 2.24. The molecule has 1 aromatic rings. The van der Waals surface area contributed by atoms with Crippen LogP contribution in [-0.4, -0.2) is 31.5 Å². The maximum atomic E-state index is 12.7. The monoisotopic (exact) mass is 244 g/mol. The smallest absolute Gasteiger partial charge is 0.152 e. The summed E-state index contributed by atoms with van der Waals surface area (Å²) in [5.74, 6) is -0.177. The molecule has 1 aliphatic rings. The molecule has 1 N–H and O–H groups in total. The second-order valence-corrected chi connectivity index (χ2v) is 6.10. The standard InChI is InChI=1S/C10H13FN2O2S/c11-8-2-3-9(13-6-8)10-7-16(14,15)5-1-4-12-10/h2-3,6,10,12H,1,4-5,7H2. The van der Waals surface area contributed by atoms with Gasteiger partial charge in [-0.05, 0) is 25.1 Å². The van der Waals surface area contributed by atoms with Gasteiger partial charge in [-0.1, -0.05) is 0 Å². The van der Waals surface area contributed by atoms with Crippen LogP contribution in [0.2, 0.25) is 0 Å². The fraction of sp³-hybridized carbons (Fsp3) is 0.500. The molecule has 6 heteroatoms. The Morgan fingerprint density at radius 3 is 2.94 bits per heavy atom. The summed E-state index contributed by atoms with van der Waals surface area (Å²) in [5, 5.41) is 3.11. The van der Waals surface area contributed by atoms with Crippen LogP contribution in [0.25, 0.3) is 0 Å². The van der Waals surface area contributed by atoms with Gasteiger partial charge >= 0.3 is 0 Å². The Kier molecular flexibility index (Phi) is 3.20. The summed E-state index contributed by atoms with van der Waals surface area (Å²) in [4.78, 5) is 3.91. The molecule has 1 aromatic heterocycles. The van der Waals surface area contributed by atoms with Crippen LogP contribution in [0.3, 0.4) is 0 Å². The Labute approximate surface area is 93.8 Å². The van der Waals surface area contributed by atoms with E-state index in [0.717, 1.165) is 6.20 Å². The van der Waals surface area contributed by atoms with Crippen molar-refractivity contribution >= 4 is 9.84 Å². The lowest BCUT2D eigenvalue weighted by Gasteiger charge is -2.14. The van der Waals surface area contributed by atoms with Crippen LogP contribution in [0.4, 0.5) is 4.39 Å². The molecule has 2 rings (SSSR count). The van der Waals surface area contributed by atoms with Crippen LogP contribution >= 0.6 is 0 Å². The maximum absolute atomic E-state index is 12.7. The molecular weight excluding hydrogens is 231 g/mol. The van der Waals surface area contributed by atoms with Crippen molar-refractivity contribution in [1.82, 2.24) is 10.3 Å². The summed E-state index contributed by atoms with van der Waals surface area (Å²) in [7, 11) is -3.02. The van der Waals surface area contributed by atoms with Crippen LogP contribution < -0.4 is 5.32 Å². The van der Waals surface area contributed by atoms with Crippen molar-refractivity contribution in [3.8, 4) is 0 Å². The molecule has 0 saturated carbocycles. The van der Waals surface area contributed by atoms with Gasteiger partial charge in [-0.2, -0.15) is 0 Å². The van der Waals surface area contributed by atoms with E-state index in [1.807, 2.05) is 0 Å². The van der Waals surface area contributed by atoms with Crippen molar-refractivity contribution in [1.29, 1.82) is 0 Å². The zero-order chi connectivity index (χ0) is 11.6. The fourth-order valence-corrected chi connectivity index (χ4v) is 3.30. The molecule has 1 atom stereocenters. The van der Waals surface area contributed by atoms with Gasteiger partial charge in [0.1, 0.15) is 5.82 Å². The minimum absolute atomic E-state index is 0.0334. The van der Waals surface area contributed by atoms with Crippen LogP contribution in [-0.2, 0) is 9.84 Å². The molecule has 0 bridgehead atoms. The topological polar surface area (TPSA) is 59.1 Å². The van der Waals surface area contributed by atoms with Crippen LogP contribution in [0.15, 0.2) is 18.3 Å². The fourth-order valence-electron chi connectivity index (χ4n) is 1.75. The predicted molar refractivity (Wildman–Crippen MR) is 58.2 cm³/mol. The molecule has 1 saturated heterocycles. The lowest BCUT2D eigenvalue weighted by molar-refractivity contribution is 0.557. The van der Waals surface area contributed by atoms with Crippen molar-refractivity contribution in [2.45, 2.75) is 12.5 Å². The summed E-state index contributed by atoms with van der Waals surface area (Å²) < 4.78 is 35.8. The van der Waals surface area contributed by atoms with Crippen molar-refractivity contribution in [3.05, 3.63) is 29.8 Å². The highest BCUT2D eigenvalue weighted by molar-refractivity contribution is 7.91. The molecule has 0 radical (unpaired) electrons. The second-order valence-electron chi connectivity index (χ2n) is 3.88. The number of halogens is 1. The molecule has 0 aromatic carbocycles. The largest absolute Gasteiger partial charge is 0.308 e. The third-order valence-corrected chi connectivity index (χ3v) is 4.30. The first-order valence-corrected chi connectivity index (χ1v) is 6.94. The number of nitrogens with one attached hydrogen (secondary N) is 1. The number of nitrogens with zero attached hydrogens (tertiary/aromatic N) is 1. The average molecular weight is 244 g/mol. The van der Waals surface area contributed by atoms with E-state index < -0.39 is 15.7 Å². The Balaban J connectivity index is 2.22. The quantitative estimate of drug-likeness (QED) is 0.789. The average Bonchev–Trinajstić information content (AvgIpc) is 2.40. The van der Waals surface area contributed by atoms with E-state index in [1.165, 1.54) is 12.1 Å². The zero-order valence-electron chi connectivity index (χ0n) is 8.69. The summed E-state index contributed by atoms with van der Waals surface area (Å²) in [6, 6.07) is 2.49. The van der Waals surface area contributed by atoms with Gasteiger partial charge in [-0.25, -0.2) is 12.8 Å². The van der Waals surface area contributed by atoms with E-state index in [4.69, 9.17) is 0 Å². The van der Waals surface area contributed by atoms with Crippen molar-refractivity contribution in [3.63, 3.8) is 0 Å². The number of hydrogen-bond acceptors (Lipinski definition) is 4. The van der Waals surface area contributed by atoms with Crippen LogP contribution in [0.5, 0.6) is 0 Å². The minimum Gasteiger partial charge on any atom is -0.308 e. The van der Waals surface area contributed by atoms with E-state index in [0.29, 0.717) is 18.7 Å². The molecule has 1 unspecified atom stereocenters. The van der Waals surface area contributed by atoms with Gasteiger partial charge in [-0.15, -0.1) is 0 Å². The first-order chi connectivity index (χ1) is 7.57. The normalized spacial score (nSPS) is 24.9. The molecule has 1 aliphatic heterocycles. The number of aromatic nitrogens is 1. The third kappa shape index (κ3) is 2.76. The predicted octanol–water partition coefficient (Wildman–Crippen LogP) is 0.670. The van der Waals surface area contributed by atoms with Gasteiger partial charge in [0.05, 0.1) is 29.4 Å².